The molecule has 1 fully saturated rings. The smallest absolute Gasteiger partial charge is 0.263 e. The van der Waals surface area contributed by atoms with Crippen LogP contribution in [0.1, 0.15) is 48.0 Å². The molecule has 2 heterocycles. The first kappa shape index (κ1) is 19.4. The lowest BCUT2D eigenvalue weighted by molar-refractivity contribution is -0.118. The number of hydrogen-bond donors (Lipinski definition) is 2. The number of aryl methyl sites for hydroxylation is 1. The monoisotopic (exact) mass is 386 g/mol. The minimum atomic E-state index is -0.570. The van der Waals surface area contributed by atoms with Crippen molar-refractivity contribution in [3.8, 4) is 0 Å². The molecular formula is C20H26N4O2S. The van der Waals surface area contributed by atoms with Gasteiger partial charge in [-0.25, -0.2) is 4.98 Å². The minimum Gasteiger partial charge on any atom is -0.371 e. The van der Waals surface area contributed by atoms with Crippen molar-refractivity contribution in [2.75, 3.05) is 23.3 Å². The Morgan fingerprint density at radius 2 is 2.07 bits per heavy atom. The predicted octanol–water partition coefficient (Wildman–Crippen LogP) is 3.59. The zero-order valence-electron chi connectivity index (χ0n) is 15.8. The molecule has 0 bridgehead atoms. The standard InChI is InChI=1S/C20H26N4O2S/c1-3-7-17(23-20(26)18-14(2)21-13-27-18)19(25)22-15-8-6-9-16(12-15)24-10-4-5-11-24/h6,8-9,12-13,17H,3-5,7,10-11H2,1-2H3,(H,22,25)(H,23,26). The third-order valence-electron chi connectivity index (χ3n) is 4.74. The van der Waals surface area contributed by atoms with Crippen LogP contribution in [0.4, 0.5) is 11.4 Å². The van der Waals surface area contributed by atoms with Crippen LogP contribution >= 0.6 is 11.3 Å². The summed E-state index contributed by atoms with van der Waals surface area (Å²) < 4.78 is 0. The van der Waals surface area contributed by atoms with Gasteiger partial charge < -0.3 is 15.5 Å². The lowest BCUT2D eigenvalue weighted by Crippen LogP contribution is -2.43. The highest BCUT2D eigenvalue weighted by molar-refractivity contribution is 7.11. The van der Waals surface area contributed by atoms with Gasteiger partial charge in [0.1, 0.15) is 10.9 Å². The highest BCUT2D eigenvalue weighted by Gasteiger charge is 2.23. The Labute approximate surface area is 164 Å². The number of rotatable bonds is 7. The Kier molecular flexibility index (Phi) is 6.45. The van der Waals surface area contributed by atoms with Crippen LogP contribution < -0.4 is 15.5 Å². The molecule has 0 saturated carbocycles. The van der Waals surface area contributed by atoms with Crippen molar-refractivity contribution in [1.29, 1.82) is 0 Å². The molecule has 3 rings (SSSR count). The minimum absolute atomic E-state index is 0.189. The highest BCUT2D eigenvalue weighted by Crippen LogP contribution is 2.23. The van der Waals surface area contributed by atoms with Gasteiger partial charge in [-0.3, -0.25) is 9.59 Å². The number of amides is 2. The normalized spacial score (nSPS) is 14.8. The maximum absolute atomic E-state index is 12.8. The number of nitrogens with one attached hydrogen (secondary N) is 2. The summed E-state index contributed by atoms with van der Waals surface area (Å²) in [5.74, 6) is -0.430. The Morgan fingerprint density at radius 1 is 1.30 bits per heavy atom. The SMILES string of the molecule is CCCC(NC(=O)c1scnc1C)C(=O)Nc1cccc(N2CCCC2)c1. The fraction of sp³-hybridized carbons (Fsp3) is 0.450. The fourth-order valence-corrected chi connectivity index (χ4v) is 3.99. The van der Waals surface area contributed by atoms with Crippen molar-refractivity contribution in [3.63, 3.8) is 0 Å². The Hall–Kier alpha value is -2.41. The summed E-state index contributed by atoms with van der Waals surface area (Å²) in [4.78, 5) is 32.2. The van der Waals surface area contributed by atoms with Crippen LogP contribution in [0.5, 0.6) is 0 Å². The molecule has 1 aromatic carbocycles. The van der Waals surface area contributed by atoms with Gasteiger partial charge in [0.25, 0.3) is 5.91 Å². The van der Waals surface area contributed by atoms with E-state index in [1.807, 2.05) is 25.1 Å². The van der Waals surface area contributed by atoms with E-state index in [1.165, 1.54) is 24.2 Å². The molecule has 0 aliphatic carbocycles. The third-order valence-corrected chi connectivity index (χ3v) is 5.66. The first-order chi connectivity index (χ1) is 13.1. The number of benzene rings is 1. The third kappa shape index (κ3) is 4.86. The van der Waals surface area contributed by atoms with Gasteiger partial charge in [0, 0.05) is 24.5 Å². The molecule has 1 aliphatic heterocycles. The summed E-state index contributed by atoms with van der Waals surface area (Å²) in [5.41, 5.74) is 4.21. The van der Waals surface area contributed by atoms with Gasteiger partial charge in [0.05, 0.1) is 11.2 Å². The van der Waals surface area contributed by atoms with Gasteiger partial charge in [0.2, 0.25) is 5.91 Å². The van der Waals surface area contributed by atoms with Crippen LogP contribution in [0.15, 0.2) is 29.8 Å². The van der Waals surface area contributed by atoms with E-state index in [2.05, 4.69) is 26.6 Å². The van der Waals surface area contributed by atoms with Crippen molar-refractivity contribution >= 4 is 34.5 Å². The Bertz CT molecular complexity index is 799. The summed E-state index contributed by atoms with van der Waals surface area (Å²) in [6.07, 6.45) is 3.80. The van der Waals surface area contributed by atoms with E-state index in [9.17, 15) is 9.59 Å². The molecule has 1 saturated heterocycles. The second kappa shape index (κ2) is 8.99. The summed E-state index contributed by atoms with van der Waals surface area (Å²) in [7, 11) is 0. The number of aromatic nitrogens is 1. The van der Waals surface area contributed by atoms with Gasteiger partial charge in [-0.05, 0) is 44.4 Å². The summed E-state index contributed by atoms with van der Waals surface area (Å²) in [5, 5.41) is 5.82. The van der Waals surface area contributed by atoms with E-state index in [1.54, 1.807) is 12.4 Å². The predicted molar refractivity (Wildman–Crippen MR) is 110 cm³/mol. The van der Waals surface area contributed by atoms with Crippen molar-refractivity contribution in [2.24, 2.45) is 0 Å². The van der Waals surface area contributed by atoms with E-state index in [4.69, 9.17) is 0 Å². The van der Waals surface area contributed by atoms with Crippen LogP contribution in [0, 0.1) is 6.92 Å². The van der Waals surface area contributed by atoms with Gasteiger partial charge >= 0.3 is 0 Å². The summed E-state index contributed by atoms with van der Waals surface area (Å²) in [6.45, 7) is 5.91. The molecule has 1 aromatic heterocycles. The van der Waals surface area contributed by atoms with Gasteiger partial charge in [0.15, 0.2) is 0 Å². The molecule has 1 aliphatic rings. The van der Waals surface area contributed by atoms with E-state index >= 15 is 0 Å². The maximum atomic E-state index is 12.8. The van der Waals surface area contributed by atoms with E-state index < -0.39 is 6.04 Å². The number of nitrogens with zero attached hydrogens (tertiary/aromatic N) is 2. The average molecular weight is 387 g/mol. The van der Waals surface area contributed by atoms with Crippen molar-refractivity contribution in [2.45, 2.75) is 45.6 Å². The number of carbonyl (C=O) groups excluding carboxylic acids is 2. The molecule has 1 atom stereocenters. The number of thiazole rings is 1. The van der Waals surface area contributed by atoms with Gasteiger partial charge in [-0.2, -0.15) is 0 Å². The van der Waals surface area contributed by atoms with Gasteiger partial charge in [-0.15, -0.1) is 11.3 Å². The molecule has 144 valence electrons. The number of anilines is 2. The zero-order chi connectivity index (χ0) is 19.2. The topological polar surface area (TPSA) is 74.3 Å². The van der Waals surface area contributed by atoms with E-state index in [-0.39, 0.29) is 11.8 Å². The van der Waals surface area contributed by atoms with Crippen LogP contribution in [0.2, 0.25) is 0 Å². The van der Waals surface area contributed by atoms with Crippen molar-refractivity contribution in [1.82, 2.24) is 10.3 Å². The fourth-order valence-electron chi connectivity index (χ4n) is 3.29. The van der Waals surface area contributed by atoms with Crippen LogP contribution in [-0.2, 0) is 4.79 Å². The maximum Gasteiger partial charge on any atom is 0.263 e. The molecule has 0 radical (unpaired) electrons. The first-order valence-corrected chi connectivity index (χ1v) is 10.3. The number of hydrogen-bond acceptors (Lipinski definition) is 5. The average Bonchev–Trinajstić information content (AvgIpc) is 3.33. The van der Waals surface area contributed by atoms with E-state index in [0.29, 0.717) is 17.0 Å². The van der Waals surface area contributed by atoms with Gasteiger partial charge in [-0.1, -0.05) is 19.4 Å². The second-order valence-electron chi connectivity index (χ2n) is 6.82. The van der Waals surface area contributed by atoms with Crippen LogP contribution in [0.25, 0.3) is 0 Å². The van der Waals surface area contributed by atoms with Crippen molar-refractivity contribution in [3.05, 3.63) is 40.3 Å². The summed E-state index contributed by atoms with van der Waals surface area (Å²) >= 11 is 1.29. The Balaban J connectivity index is 1.67. The van der Waals surface area contributed by atoms with Crippen molar-refractivity contribution < 1.29 is 9.59 Å². The first-order valence-electron chi connectivity index (χ1n) is 9.45. The van der Waals surface area contributed by atoms with Crippen LogP contribution in [0.3, 0.4) is 0 Å². The highest BCUT2D eigenvalue weighted by atomic mass is 32.1. The molecule has 7 heteroatoms. The lowest BCUT2D eigenvalue weighted by Gasteiger charge is -2.20. The largest absolute Gasteiger partial charge is 0.371 e. The summed E-state index contributed by atoms with van der Waals surface area (Å²) in [6, 6.07) is 7.34. The zero-order valence-corrected chi connectivity index (χ0v) is 16.6. The van der Waals surface area contributed by atoms with E-state index in [0.717, 1.165) is 30.9 Å². The van der Waals surface area contributed by atoms with Crippen LogP contribution in [-0.4, -0.2) is 35.9 Å². The quantitative estimate of drug-likeness (QED) is 0.763. The number of carbonyl (C=O) groups is 2. The molecule has 2 amide bonds. The molecule has 6 nitrogen and oxygen atoms in total. The molecule has 1 unspecified atom stereocenters. The molecule has 2 aromatic rings. The molecule has 27 heavy (non-hydrogen) atoms. The lowest BCUT2D eigenvalue weighted by atomic mass is 10.1. The second-order valence-corrected chi connectivity index (χ2v) is 7.67. The molecular weight excluding hydrogens is 360 g/mol. The molecule has 2 N–H and O–H groups in total. The molecule has 0 spiro atoms. The Morgan fingerprint density at radius 3 is 2.74 bits per heavy atom.